The summed E-state index contributed by atoms with van der Waals surface area (Å²) in [6, 6.07) is 16.8. The van der Waals surface area contributed by atoms with Crippen molar-refractivity contribution in [2.24, 2.45) is 5.73 Å². The van der Waals surface area contributed by atoms with Crippen molar-refractivity contribution in [1.82, 2.24) is 5.32 Å². The number of ether oxygens (including phenoxy) is 1. The van der Waals surface area contributed by atoms with Gasteiger partial charge in [-0.05, 0) is 48.3 Å². The number of thioether (sulfide) groups is 1. The molecule has 0 saturated carbocycles. The van der Waals surface area contributed by atoms with Crippen LogP contribution in [-0.4, -0.2) is 24.0 Å². The first-order valence-corrected chi connectivity index (χ1v) is 8.92. The van der Waals surface area contributed by atoms with Crippen molar-refractivity contribution in [3.63, 3.8) is 0 Å². The lowest BCUT2D eigenvalue weighted by Crippen LogP contribution is -2.40. The summed E-state index contributed by atoms with van der Waals surface area (Å²) in [5.41, 5.74) is 6.83. The number of amides is 1. The van der Waals surface area contributed by atoms with E-state index < -0.39 is 6.04 Å². The van der Waals surface area contributed by atoms with Crippen molar-refractivity contribution in [2.75, 3.05) is 12.0 Å². The number of nitrogens with one attached hydrogen (secondary N) is 1. The Labute approximate surface area is 153 Å². The SMILES string of the molecule is CSCCC(N)C(=O)NCc1cccc(Oc2ccccc2)c1.Cl. The zero-order valence-corrected chi connectivity index (χ0v) is 15.2. The van der Waals surface area contributed by atoms with Crippen LogP contribution in [0.1, 0.15) is 12.0 Å². The number of carbonyl (C=O) groups is 1. The van der Waals surface area contributed by atoms with Crippen molar-refractivity contribution < 1.29 is 9.53 Å². The topological polar surface area (TPSA) is 64.4 Å². The van der Waals surface area contributed by atoms with Gasteiger partial charge in [-0.1, -0.05) is 30.3 Å². The molecule has 24 heavy (non-hydrogen) atoms. The highest BCUT2D eigenvalue weighted by Gasteiger charge is 2.12. The first kappa shape index (κ1) is 20.4. The van der Waals surface area contributed by atoms with Gasteiger partial charge in [-0.3, -0.25) is 4.79 Å². The average molecular weight is 367 g/mol. The molecule has 3 N–H and O–H groups in total. The molecule has 1 unspecified atom stereocenters. The first-order chi connectivity index (χ1) is 11.2. The number of halogens is 1. The summed E-state index contributed by atoms with van der Waals surface area (Å²) in [7, 11) is 0. The molecule has 1 atom stereocenters. The second-order valence-corrected chi connectivity index (χ2v) is 6.15. The maximum atomic E-state index is 11.9. The molecule has 0 aliphatic carbocycles. The molecule has 2 rings (SSSR count). The van der Waals surface area contributed by atoms with E-state index in [1.807, 2.05) is 60.9 Å². The van der Waals surface area contributed by atoms with Gasteiger partial charge >= 0.3 is 0 Å². The second kappa shape index (κ2) is 11.0. The third-order valence-electron chi connectivity index (χ3n) is 3.31. The zero-order chi connectivity index (χ0) is 16.5. The average Bonchev–Trinajstić information content (AvgIpc) is 2.58. The quantitative estimate of drug-likeness (QED) is 0.749. The normalized spacial score (nSPS) is 11.2. The lowest BCUT2D eigenvalue weighted by atomic mass is 10.2. The van der Waals surface area contributed by atoms with Gasteiger partial charge in [-0.25, -0.2) is 0 Å². The monoisotopic (exact) mass is 366 g/mol. The Bertz CT molecular complexity index is 625. The third kappa shape index (κ3) is 6.83. The van der Waals surface area contributed by atoms with E-state index in [9.17, 15) is 4.79 Å². The Kier molecular flexibility index (Phi) is 9.30. The maximum absolute atomic E-state index is 11.9. The molecule has 6 heteroatoms. The number of rotatable bonds is 8. The van der Waals surface area contributed by atoms with Gasteiger partial charge in [-0.15, -0.1) is 12.4 Å². The maximum Gasteiger partial charge on any atom is 0.237 e. The lowest BCUT2D eigenvalue weighted by Gasteiger charge is -2.12. The van der Waals surface area contributed by atoms with Crippen LogP contribution in [0.25, 0.3) is 0 Å². The van der Waals surface area contributed by atoms with Crippen LogP contribution in [0.2, 0.25) is 0 Å². The van der Waals surface area contributed by atoms with Gasteiger partial charge in [-0.2, -0.15) is 11.8 Å². The summed E-state index contributed by atoms with van der Waals surface area (Å²) in [5.74, 6) is 2.30. The molecular formula is C18H23ClN2O2S. The van der Waals surface area contributed by atoms with E-state index in [-0.39, 0.29) is 18.3 Å². The van der Waals surface area contributed by atoms with Crippen LogP contribution in [-0.2, 0) is 11.3 Å². The summed E-state index contributed by atoms with van der Waals surface area (Å²) in [5, 5.41) is 2.87. The van der Waals surface area contributed by atoms with Crippen molar-refractivity contribution in [2.45, 2.75) is 19.0 Å². The molecule has 2 aromatic carbocycles. The summed E-state index contributed by atoms with van der Waals surface area (Å²) in [6.07, 6.45) is 2.69. The van der Waals surface area contributed by atoms with Gasteiger partial charge in [0.25, 0.3) is 0 Å². The molecule has 0 radical (unpaired) electrons. The predicted molar refractivity (Wildman–Crippen MR) is 103 cm³/mol. The third-order valence-corrected chi connectivity index (χ3v) is 3.96. The summed E-state index contributed by atoms with van der Waals surface area (Å²) < 4.78 is 5.79. The van der Waals surface area contributed by atoms with Gasteiger partial charge < -0.3 is 15.8 Å². The number of nitrogens with two attached hydrogens (primary N) is 1. The number of para-hydroxylation sites is 1. The highest BCUT2D eigenvalue weighted by atomic mass is 35.5. The molecule has 2 aromatic rings. The van der Waals surface area contributed by atoms with Gasteiger partial charge in [0.1, 0.15) is 11.5 Å². The van der Waals surface area contributed by atoms with Crippen LogP contribution < -0.4 is 15.8 Å². The molecule has 0 saturated heterocycles. The standard InChI is InChI=1S/C18H22N2O2S.ClH/c1-23-11-10-17(19)18(21)20-13-14-6-5-9-16(12-14)22-15-7-3-2-4-8-15;/h2-9,12,17H,10-11,13,19H2,1H3,(H,20,21);1H. The fourth-order valence-electron chi connectivity index (χ4n) is 2.04. The highest BCUT2D eigenvalue weighted by molar-refractivity contribution is 7.98. The van der Waals surface area contributed by atoms with E-state index in [0.717, 1.165) is 22.8 Å². The minimum Gasteiger partial charge on any atom is -0.457 e. The van der Waals surface area contributed by atoms with Gasteiger partial charge in [0.2, 0.25) is 5.91 Å². The van der Waals surface area contributed by atoms with Crippen LogP contribution >= 0.6 is 24.2 Å². The van der Waals surface area contributed by atoms with E-state index in [1.165, 1.54) is 0 Å². The molecule has 1 amide bonds. The minimum absolute atomic E-state index is 0. The largest absolute Gasteiger partial charge is 0.457 e. The number of benzene rings is 2. The Balaban J connectivity index is 0.00000288. The Morgan fingerprint density at radius 1 is 1.17 bits per heavy atom. The fourth-order valence-corrected chi connectivity index (χ4v) is 2.53. The number of hydrogen-bond donors (Lipinski definition) is 2. The number of hydrogen-bond acceptors (Lipinski definition) is 4. The zero-order valence-electron chi connectivity index (χ0n) is 13.6. The fraction of sp³-hybridized carbons (Fsp3) is 0.278. The Morgan fingerprint density at radius 2 is 1.88 bits per heavy atom. The lowest BCUT2D eigenvalue weighted by molar-refractivity contribution is -0.122. The Hall–Kier alpha value is -1.69. The molecule has 0 fully saturated rings. The van der Waals surface area contributed by atoms with E-state index in [2.05, 4.69) is 5.32 Å². The van der Waals surface area contributed by atoms with Gasteiger partial charge in [0, 0.05) is 6.54 Å². The molecule has 0 aliphatic heterocycles. The van der Waals surface area contributed by atoms with Crippen LogP contribution in [0.5, 0.6) is 11.5 Å². The molecule has 0 bridgehead atoms. The second-order valence-electron chi connectivity index (χ2n) is 5.17. The van der Waals surface area contributed by atoms with Crippen molar-refractivity contribution in [3.8, 4) is 11.5 Å². The summed E-state index contributed by atoms with van der Waals surface area (Å²) >= 11 is 1.69. The molecular weight excluding hydrogens is 344 g/mol. The van der Waals surface area contributed by atoms with Crippen molar-refractivity contribution in [1.29, 1.82) is 0 Å². The van der Waals surface area contributed by atoms with Gasteiger partial charge in [0.05, 0.1) is 6.04 Å². The van der Waals surface area contributed by atoms with Crippen LogP contribution in [0.3, 0.4) is 0 Å². The number of carbonyl (C=O) groups excluding carboxylic acids is 1. The molecule has 0 aliphatic rings. The summed E-state index contributed by atoms with van der Waals surface area (Å²) in [6.45, 7) is 0.442. The Morgan fingerprint density at radius 3 is 2.58 bits per heavy atom. The van der Waals surface area contributed by atoms with Crippen LogP contribution in [0.15, 0.2) is 54.6 Å². The van der Waals surface area contributed by atoms with E-state index >= 15 is 0 Å². The first-order valence-electron chi connectivity index (χ1n) is 7.53. The smallest absolute Gasteiger partial charge is 0.237 e. The highest BCUT2D eigenvalue weighted by Crippen LogP contribution is 2.21. The van der Waals surface area contributed by atoms with Crippen LogP contribution in [0, 0.1) is 0 Å². The van der Waals surface area contributed by atoms with Crippen molar-refractivity contribution in [3.05, 3.63) is 60.2 Å². The minimum atomic E-state index is -0.453. The molecule has 4 nitrogen and oxygen atoms in total. The summed E-state index contributed by atoms with van der Waals surface area (Å²) in [4.78, 5) is 11.9. The molecule has 0 spiro atoms. The molecule has 0 heterocycles. The van der Waals surface area contributed by atoms with Crippen LogP contribution in [0.4, 0.5) is 0 Å². The van der Waals surface area contributed by atoms with E-state index in [1.54, 1.807) is 11.8 Å². The molecule has 130 valence electrons. The van der Waals surface area contributed by atoms with E-state index in [4.69, 9.17) is 10.5 Å². The van der Waals surface area contributed by atoms with Gasteiger partial charge in [0.15, 0.2) is 0 Å². The van der Waals surface area contributed by atoms with Crippen molar-refractivity contribution >= 4 is 30.1 Å². The van der Waals surface area contributed by atoms with E-state index in [0.29, 0.717) is 13.0 Å². The predicted octanol–water partition coefficient (Wildman–Crippen LogP) is 3.60. The molecule has 0 aromatic heterocycles.